The lowest BCUT2D eigenvalue weighted by Gasteiger charge is -1.99. The Bertz CT molecular complexity index is 310. The molecule has 0 bridgehead atoms. The topological polar surface area (TPSA) is 60.9 Å². The molecule has 5 heteroatoms. The van der Waals surface area contributed by atoms with Gasteiger partial charge in [-0.2, -0.15) is 0 Å². The van der Waals surface area contributed by atoms with Crippen molar-refractivity contribution in [3.05, 3.63) is 22.7 Å². The van der Waals surface area contributed by atoms with E-state index in [-0.39, 0.29) is 5.56 Å². The maximum Gasteiger partial charge on any atom is 0.282 e. The van der Waals surface area contributed by atoms with Gasteiger partial charge in [-0.05, 0) is 0 Å². The maximum absolute atomic E-state index is 11.3. The molecule has 0 spiro atoms. The van der Waals surface area contributed by atoms with Crippen molar-refractivity contribution in [1.29, 1.82) is 0 Å². The zero-order chi connectivity index (χ0) is 8.97. The fraction of sp³-hybridized carbons (Fsp3) is 0.429. The van der Waals surface area contributed by atoms with Gasteiger partial charge in [-0.25, -0.2) is 4.98 Å². The Balaban J connectivity index is 2.85. The average Bonchev–Trinajstić information content (AvgIpc) is 2.08. The summed E-state index contributed by atoms with van der Waals surface area (Å²) in [7, 11) is 1.70. The normalized spacial score (nSPS) is 10.2. The SMILES string of the molecule is Cn1ccnc(SCCN)c1=O. The number of aromatic nitrogens is 2. The smallest absolute Gasteiger partial charge is 0.282 e. The van der Waals surface area contributed by atoms with Crippen molar-refractivity contribution in [1.82, 2.24) is 9.55 Å². The van der Waals surface area contributed by atoms with E-state index < -0.39 is 0 Å². The van der Waals surface area contributed by atoms with E-state index >= 15 is 0 Å². The van der Waals surface area contributed by atoms with Crippen molar-refractivity contribution in [3.8, 4) is 0 Å². The van der Waals surface area contributed by atoms with Crippen LogP contribution in [0.15, 0.2) is 22.2 Å². The summed E-state index contributed by atoms with van der Waals surface area (Å²) in [5.74, 6) is 0.728. The summed E-state index contributed by atoms with van der Waals surface area (Å²) in [4.78, 5) is 15.3. The van der Waals surface area contributed by atoms with Gasteiger partial charge in [0.2, 0.25) is 0 Å². The molecule has 0 atom stereocenters. The van der Waals surface area contributed by atoms with Crippen molar-refractivity contribution in [2.45, 2.75) is 5.03 Å². The third kappa shape index (κ3) is 2.09. The van der Waals surface area contributed by atoms with Crippen LogP contribution in [0.2, 0.25) is 0 Å². The Morgan fingerprint density at radius 3 is 3.17 bits per heavy atom. The largest absolute Gasteiger partial charge is 0.330 e. The van der Waals surface area contributed by atoms with Crippen LogP contribution in [-0.4, -0.2) is 21.8 Å². The third-order valence-electron chi connectivity index (χ3n) is 1.34. The van der Waals surface area contributed by atoms with Gasteiger partial charge in [0.1, 0.15) is 0 Å². The Morgan fingerprint density at radius 1 is 1.75 bits per heavy atom. The van der Waals surface area contributed by atoms with E-state index in [1.165, 1.54) is 16.3 Å². The molecule has 0 fully saturated rings. The van der Waals surface area contributed by atoms with Crippen LogP contribution >= 0.6 is 11.8 Å². The molecule has 1 aromatic rings. The van der Waals surface area contributed by atoms with E-state index in [0.717, 1.165) is 5.75 Å². The van der Waals surface area contributed by atoms with Gasteiger partial charge < -0.3 is 10.3 Å². The van der Waals surface area contributed by atoms with Gasteiger partial charge in [-0.15, -0.1) is 0 Å². The van der Waals surface area contributed by atoms with Gasteiger partial charge in [-0.3, -0.25) is 4.79 Å². The summed E-state index contributed by atoms with van der Waals surface area (Å²) < 4.78 is 1.51. The molecule has 0 aromatic carbocycles. The van der Waals surface area contributed by atoms with Crippen LogP contribution < -0.4 is 11.3 Å². The first-order valence-corrected chi connectivity index (χ1v) is 4.58. The number of nitrogens with zero attached hydrogens (tertiary/aromatic N) is 2. The van der Waals surface area contributed by atoms with Crippen LogP contribution in [0.4, 0.5) is 0 Å². The molecule has 1 rings (SSSR count). The first-order chi connectivity index (χ1) is 5.75. The quantitative estimate of drug-likeness (QED) is 0.664. The van der Waals surface area contributed by atoms with Gasteiger partial charge in [0.15, 0.2) is 5.03 Å². The van der Waals surface area contributed by atoms with Crippen molar-refractivity contribution in [2.24, 2.45) is 12.8 Å². The molecule has 0 saturated carbocycles. The first-order valence-electron chi connectivity index (χ1n) is 3.60. The van der Waals surface area contributed by atoms with Crippen molar-refractivity contribution >= 4 is 11.8 Å². The van der Waals surface area contributed by atoms with Crippen molar-refractivity contribution < 1.29 is 0 Å². The number of hydrogen-bond acceptors (Lipinski definition) is 4. The molecule has 0 saturated heterocycles. The van der Waals surface area contributed by atoms with E-state index in [1.807, 2.05) is 0 Å². The predicted octanol–water partition coefficient (Wildman–Crippen LogP) is -0.169. The van der Waals surface area contributed by atoms with Crippen LogP contribution in [0.5, 0.6) is 0 Å². The van der Waals surface area contributed by atoms with Gasteiger partial charge in [-0.1, -0.05) is 11.8 Å². The number of thioether (sulfide) groups is 1. The summed E-state index contributed by atoms with van der Waals surface area (Å²) in [6.07, 6.45) is 3.25. The minimum atomic E-state index is -0.0593. The van der Waals surface area contributed by atoms with Crippen LogP contribution in [-0.2, 0) is 7.05 Å². The molecule has 0 aliphatic rings. The summed E-state index contributed by atoms with van der Waals surface area (Å²) in [6.45, 7) is 0.560. The minimum Gasteiger partial charge on any atom is -0.330 e. The van der Waals surface area contributed by atoms with E-state index in [2.05, 4.69) is 4.98 Å². The monoisotopic (exact) mass is 185 g/mol. The molecule has 1 aromatic heterocycles. The highest BCUT2D eigenvalue weighted by atomic mass is 32.2. The summed E-state index contributed by atoms with van der Waals surface area (Å²) in [5, 5.41) is 0.519. The Labute approximate surface area is 74.8 Å². The molecule has 0 radical (unpaired) electrons. The Morgan fingerprint density at radius 2 is 2.50 bits per heavy atom. The van der Waals surface area contributed by atoms with Crippen LogP contribution in [0.1, 0.15) is 0 Å². The van der Waals surface area contributed by atoms with Crippen LogP contribution in [0.3, 0.4) is 0 Å². The van der Waals surface area contributed by atoms with Gasteiger partial charge in [0, 0.05) is 31.7 Å². The van der Waals surface area contributed by atoms with Crippen molar-refractivity contribution in [3.63, 3.8) is 0 Å². The van der Waals surface area contributed by atoms with E-state index in [1.54, 1.807) is 19.4 Å². The fourth-order valence-corrected chi connectivity index (χ4v) is 1.44. The number of aryl methyl sites for hydroxylation is 1. The molecular formula is C7H11N3OS. The highest BCUT2D eigenvalue weighted by Gasteiger charge is 2.01. The molecule has 2 N–H and O–H groups in total. The van der Waals surface area contributed by atoms with Crippen molar-refractivity contribution in [2.75, 3.05) is 12.3 Å². The zero-order valence-electron chi connectivity index (χ0n) is 6.86. The molecule has 4 nitrogen and oxygen atoms in total. The van der Waals surface area contributed by atoms with Crippen LogP contribution in [0.25, 0.3) is 0 Å². The van der Waals surface area contributed by atoms with E-state index in [0.29, 0.717) is 11.6 Å². The summed E-state index contributed by atoms with van der Waals surface area (Å²) in [5.41, 5.74) is 5.25. The van der Waals surface area contributed by atoms with Crippen LogP contribution in [0, 0.1) is 0 Å². The number of nitrogens with two attached hydrogens (primary N) is 1. The molecule has 0 amide bonds. The zero-order valence-corrected chi connectivity index (χ0v) is 7.67. The second-order valence-electron chi connectivity index (χ2n) is 2.29. The molecule has 0 aliphatic heterocycles. The number of rotatable bonds is 3. The maximum atomic E-state index is 11.3. The average molecular weight is 185 g/mol. The lowest BCUT2D eigenvalue weighted by Crippen LogP contribution is -2.19. The molecule has 1 heterocycles. The van der Waals surface area contributed by atoms with E-state index in [9.17, 15) is 4.79 Å². The fourth-order valence-electron chi connectivity index (χ4n) is 0.729. The van der Waals surface area contributed by atoms with Gasteiger partial charge >= 0.3 is 0 Å². The highest BCUT2D eigenvalue weighted by molar-refractivity contribution is 7.99. The molecule has 12 heavy (non-hydrogen) atoms. The Kier molecular flexibility index (Phi) is 3.31. The second-order valence-corrected chi connectivity index (χ2v) is 3.37. The van der Waals surface area contributed by atoms with Gasteiger partial charge in [0.05, 0.1) is 0 Å². The molecule has 0 unspecified atom stereocenters. The molecule has 0 aliphatic carbocycles. The van der Waals surface area contributed by atoms with E-state index in [4.69, 9.17) is 5.73 Å². The summed E-state index contributed by atoms with van der Waals surface area (Å²) in [6, 6.07) is 0. The molecular weight excluding hydrogens is 174 g/mol. The second kappa shape index (κ2) is 4.27. The number of hydrogen-bond donors (Lipinski definition) is 1. The standard InChI is InChI=1S/C7H11N3OS/c1-10-4-3-9-6(7(10)11)12-5-2-8/h3-4H,2,5,8H2,1H3. The lowest BCUT2D eigenvalue weighted by atomic mass is 10.7. The molecule has 66 valence electrons. The highest BCUT2D eigenvalue weighted by Crippen LogP contribution is 2.07. The Hall–Kier alpha value is -0.810. The first kappa shape index (κ1) is 9.28. The minimum absolute atomic E-state index is 0.0593. The summed E-state index contributed by atoms with van der Waals surface area (Å²) >= 11 is 1.39. The lowest BCUT2D eigenvalue weighted by molar-refractivity contribution is 0.794. The predicted molar refractivity (Wildman–Crippen MR) is 49.3 cm³/mol. The third-order valence-corrected chi connectivity index (χ3v) is 2.34. The van der Waals surface area contributed by atoms with Gasteiger partial charge in [0.25, 0.3) is 5.56 Å².